The number of hydrogen-bond donors (Lipinski definition) is 1. The molecule has 1 unspecified atom stereocenters. The Morgan fingerprint density at radius 3 is 2.43 bits per heavy atom. The van der Waals surface area contributed by atoms with E-state index in [1.54, 1.807) is 0 Å². The summed E-state index contributed by atoms with van der Waals surface area (Å²) in [7, 11) is 0. The zero-order valence-corrected chi connectivity index (χ0v) is 13.7. The minimum atomic E-state index is 0.0376. The lowest BCUT2D eigenvalue weighted by Crippen LogP contribution is -2.37. The van der Waals surface area contributed by atoms with Crippen LogP contribution in [-0.2, 0) is 4.79 Å². The van der Waals surface area contributed by atoms with Gasteiger partial charge in [-0.15, -0.1) is 0 Å². The van der Waals surface area contributed by atoms with Gasteiger partial charge in [-0.3, -0.25) is 4.79 Å². The van der Waals surface area contributed by atoms with Gasteiger partial charge in [-0.1, -0.05) is 37.7 Å². The van der Waals surface area contributed by atoms with E-state index in [1.165, 1.54) is 11.8 Å². The second-order valence-corrected chi connectivity index (χ2v) is 6.46. The van der Waals surface area contributed by atoms with E-state index in [4.69, 9.17) is 0 Å². The molecule has 112 valence electrons. The van der Waals surface area contributed by atoms with Crippen LogP contribution >= 0.6 is 11.8 Å². The van der Waals surface area contributed by atoms with Crippen molar-refractivity contribution in [2.45, 2.75) is 38.8 Å². The number of hydrogen-bond acceptors (Lipinski definition) is 4. The van der Waals surface area contributed by atoms with Gasteiger partial charge in [0.05, 0.1) is 22.5 Å². The van der Waals surface area contributed by atoms with Crippen molar-refractivity contribution in [1.29, 1.82) is 0 Å². The first-order valence-corrected chi connectivity index (χ1v) is 8.11. The largest absolute Gasteiger partial charge is 0.353 e. The number of para-hydroxylation sites is 2. The van der Waals surface area contributed by atoms with Crippen LogP contribution in [0.4, 0.5) is 0 Å². The maximum absolute atomic E-state index is 11.9. The Morgan fingerprint density at radius 2 is 1.81 bits per heavy atom. The molecule has 0 aliphatic carbocycles. The number of nitrogens with one attached hydrogen (secondary N) is 1. The SMILES string of the molecule is Cc1nc2ccccc2nc1SCC(=O)NC(C)C(C)C. The lowest BCUT2D eigenvalue weighted by molar-refractivity contribution is -0.119. The number of fused-ring (bicyclic) bond motifs is 1. The number of aromatic nitrogens is 2. The molecule has 0 aliphatic rings. The van der Waals surface area contributed by atoms with Crippen molar-refractivity contribution < 1.29 is 4.79 Å². The third kappa shape index (κ3) is 4.17. The van der Waals surface area contributed by atoms with Gasteiger partial charge in [0.1, 0.15) is 5.03 Å². The van der Waals surface area contributed by atoms with E-state index in [2.05, 4.69) is 29.1 Å². The number of benzene rings is 1. The molecular formula is C16H21N3OS. The summed E-state index contributed by atoms with van der Waals surface area (Å²) in [5, 5.41) is 3.82. The highest BCUT2D eigenvalue weighted by atomic mass is 32.2. The first-order chi connectivity index (χ1) is 9.97. The molecule has 1 aromatic heterocycles. The first kappa shape index (κ1) is 15.8. The molecule has 0 spiro atoms. The predicted molar refractivity (Wildman–Crippen MR) is 87.4 cm³/mol. The summed E-state index contributed by atoms with van der Waals surface area (Å²) < 4.78 is 0. The van der Waals surface area contributed by atoms with Crippen LogP contribution in [0.2, 0.25) is 0 Å². The van der Waals surface area contributed by atoms with Crippen LogP contribution in [0.15, 0.2) is 29.3 Å². The van der Waals surface area contributed by atoms with Crippen molar-refractivity contribution in [3.63, 3.8) is 0 Å². The van der Waals surface area contributed by atoms with Gasteiger partial charge >= 0.3 is 0 Å². The minimum absolute atomic E-state index is 0.0376. The first-order valence-electron chi connectivity index (χ1n) is 7.13. The quantitative estimate of drug-likeness (QED) is 0.862. The molecule has 0 bridgehead atoms. The Balaban J connectivity index is 2.03. The van der Waals surface area contributed by atoms with Gasteiger partial charge in [0.15, 0.2) is 0 Å². The van der Waals surface area contributed by atoms with E-state index in [1.807, 2.05) is 38.1 Å². The highest BCUT2D eigenvalue weighted by Crippen LogP contribution is 2.21. The van der Waals surface area contributed by atoms with Crippen LogP contribution < -0.4 is 5.32 Å². The normalized spacial score (nSPS) is 12.6. The van der Waals surface area contributed by atoms with Crippen molar-refractivity contribution in [2.75, 3.05) is 5.75 Å². The van der Waals surface area contributed by atoms with Crippen LogP contribution in [0, 0.1) is 12.8 Å². The summed E-state index contributed by atoms with van der Waals surface area (Å²) in [6.07, 6.45) is 0. The number of carbonyl (C=O) groups is 1. The Labute approximate surface area is 129 Å². The average Bonchev–Trinajstić information content (AvgIpc) is 2.44. The summed E-state index contributed by atoms with van der Waals surface area (Å²) in [4.78, 5) is 21.0. The zero-order valence-electron chi connectivity index (χ0n) is 12.9. The molecular weight excluding hydrogens is 282 g/mol. The second-order valence-electron chi connectivity index (χ2n) is 5.49. The molecule has 1 atom stereocenters. The molecule has 1 heterocycles. The van der Waals surface area contributed by atoms with Crippen LogP contribution in [0.1, 0.15) is 26.5 Å². The molecule has 4 nitrogen and oxygen atoms in total. The number of aryl methyl sites for hydroxylation is 1. The Morgan fingerprint density at radius 1 is 1.19 bits per heavy atom. The zero-order chi connectivity index (χ0) is 15.4. The molecule has 5 heteroatoms. The molecule has 0 saturated carbocycles. The Bertz CT molecular complexity index is 642. The Hall–Kier alpha value is -1.62. The van der Waals surface area contributed by atoms with E-state index in [-0.39, 0.29) is 11.9 Å². The maximum Gasteiger partial charge on any atom is 0.230 e. The second kappa shape index (κ2) is 6.89. The van der Waals surface area contributed by atoms with Gasteiger partial charge in [-0.2, -0.15) is 0 Å². The average molecular weight is 303 g/mol. The summed E-state index contributed by atoms with van der Waals surface area (Å²) in [5.74, 6) is 0.835. The molecule has 1 N–H and O–H groups in total. The highest BCUT2D eigenvalue weighted by Gasteiger charge is 2.12. The maximum atomic E-state index is 11.9. The minimum Gasteiger partial charge on any atom is -0.353 e. The van der Waals surface area contributed by atoms with Gasteiger partial charge in [0.25, 0.3) is 0 Å². The summed E-state index contributed by atoms with van der Waals surface area (Å²) in [5.41, 5.74) is 2.61. The van der Waals surface area contributed by atoms with Gasteiger partial charge < -0.3 is 5.32 Å². The van der Waals surface area contributed by atoms with Crippen molar-refractivity contribution in [1.82, 2.24) is 15.3 Å². The van der Waals surface area contributed by atoms with Crippen molar-refractivity contribution in [3.05, 3.63) is 30.0 Å². The van der Waals surface area contributed by atoms with Gasteiger partial charge in [-0.25, -0.2) is 9.97 Å². The number of nitrogens with zero attached hydrogens (tertiary/aromatic N) is 2. The van der Waals surface area contributed by atoms with E-state index in [0.717, 1.165) is 21.8 Å². The van der Waals surface area contributed by atoms with E-state index in [9.17, 15) is 4.79 Å². The van der Waals surface area contributed by atoms with Gasteiger partial charge in [0, 0.05) is 6.04 Å². The molecule has 21 heavy (non-hydrogen) atoms. The molecule has 0 saturated heterocycles. The third-order valence-corrected chi connectivity index (χ3v) is 4.50. The fraction of sp³-hybridized carbons (Fsp3) is 0.438. The van der Waals surface area contributed by atoms with Crippen LogP contribution in [0.5, 0.6) is 0 Å². The molecule has 0 radical (unpaired) electrons. The lowest BCUT2D eigenvalue weighted by Gasteiger charge is -2.17. The Kier molecular flexibility index (Phi) is 5.17. The fourth-order valence-corrected chi connectivity index (χ4v) is 2.57. The van der Waals surface area contributed by atoms with Gasteiger partial charge in [-0.05, 0) is 31.9 Å². The van der Waals surface area contributed by atoms with E-state index in [0.29, 0.717) is 11.7 Å². The number of amides is 1. The van der Waals surface area contributed by atoms with E-state index < -0.39 is 0 Å². The third-order valence-electron chi connectivity index (χ3n) is 3.43. The monoisotopic (exact) mass is 303 g/mol. The van der Waals surface area contributed by atoms with Crippen molar-refractivity contribution >= 4 is 28.7 Å². The topological polar surface area (TPSA) is 54.9 Å². The summed E-state index contributed by atoms with van der Waals surface area (Å²) >= 11 is 1.44. The summed E-state index contributed by atoms with van der Waals surface area (Å²) in [6, 6.07) is 7.96. The molecule has 0 fully saturated rings. The summed E-state index contributed by atoms with van der Waals surface area (Å²) in [6.45, 7) is 8.14. The highest BCUT2D eigenvalue weighted by molar-refractivity contribution is 7.99. The number of thioether (sulfide) groups is 1. The van der Waals surface area contributed by atoms with Crippen molar-refractivity contribution in [2.24, 2.45) is 5.92 Å². The van der Waals surface area contributed by atoms with Crippen LogP contribution in [-0.4, -0.2) is 27.7 Å². The predicted octanol–water partition coefficient (Wildman–Crippen LogP) is 3.19. The number of rotatable bonds is 5. The number of carbonyl (C=O) groups excluding carboxylic acids is 1. The smallest absolute Gasteiger partial charge is 0.230 e. The molecule has 1 amide bonds. The molecule has 2 rings (SSSR count). The molecule has 2 aromatic rings. The van der Waals surface area contributed by atoms with Crippen LogP contribution in [0.3, 0.4) is 0 Å². The van der Waals surface area contributed by atoms with Crippen molar-refractivity contribution in [3.8, 4) is 0 Å². The molecule has 1 aromatic carbocycles. The van der Waals surface area contributed by atoms with Crippen LogP contribution in [0.25, 0.3) is 11.0 Å². The molecule has 0 aliphatic heterocycles. The standard InChI is InChI=1S/C16H21N3OS/c1-10(2)11(3)18-15(20)9-21-16-12(4)17-13-7-5-6-8-14(13)19-16/h5-8,10-11H,9H2,1-4H3,(H,18,20). The fourth-order valence-electron chi connectivity index (χ4n) is 1.80. The van der Waals surface area contributed by atoms with E-state index >= 15 is 0 Å². The lowest BCUT2D eigenvalue weighted by atomic mass is 10.1. The van der Waals surface area contributed by atoms with Gasteiger partial charge in [0.2, 0.25) is 5.91 Å².